The molecule has 1 unspecified atom stereocenters. The highest BCUT2D eigenvalue weighted by Gasteiger charge is 2.26. The Kier molecular flexibility index (Phi) is 7.44. The molecule has 2 aromatic rings. The van der Waals surface area contributed by atoms with Gasteiger partial charge in [0.2, 0.25) is 11.8 Å². The summed E-state index contributed by atoms with van der Waals surface area (Å²) in [4.78, 5) is 41.1. The van der Waals surface area contributed by atoms with E-state index in [2.05, 4.69) is 5.32 Å². The molecule has 30 heavy (non-hydrogen) atoms. The molecule has 0 spiro atoms. The minimum Gasteiger partial charge on any atom is -0.351 e. The minimum absolute atomic E-state index is 0.0650. The number of nitrogens with one attached hydrogen (secondary N) is 1. The van der Waals surface area contributed by atoms with Gasteiger partial charge in [-0.05, 0) is 36.8 Å². The largest absolute Gasteiger partial charge is 0.351 e. The van der Waals surface area contributed by atoms with Crippen LogP contribution >= 0.6 is 11.3 Å². The van der Waals surface area contributed by atoms with Gasteiger partial charge in [0.25, 0.3) is 5.91 Å². The van der Waals surface area contributed by atoms with Crippen molar-refractivity contribution >= 4 is 39.1 Å². The fourth-order valence-electron chi connectivity index (χ4n) is 3.61. The number of nitrogens with zero attached hydrogens (tertiary/aromatic N) is 2. The zero-order chi connectivity index (χ0) is 21.7. The Labute approximate surface area is 181 Å². The Morgan fingerprint density at radius 2 is 1.77 bits per heavy atom. The van der Waals surface area contributed by atoms with Gasteiger partial charge in [0.05, 0.1) is 10.9 Å². The number of nitrogens with two attached hydrogens (primary N) is 1. The molecule has 8 heteroatoms. The summed E-state index contributed by atoms with van der Waals surface area (Å²) in [6.07, 6.45) is 1.19. The molecule has 1 saturated heterocycles. The first-order valence-electron chi connectivity index (χ1n) is 10.4. The Balaban J connectivity index is 1.38. The molecule has 2 atom stereocenters. The van der Waals surface area contributed by atoms with E-state index in [1.807, 2.05) is 42.2 Å². The molecule has 2 heterocycles. The summed E-state index contributed by atoms with van der Waals surface area (Å²) in [5.74, 6) is 0.143. The van der Waals surface area contributed by atoms with Crippen LogP contribution in [0.5, 0.6) is 0 Å². The highest BCUT2D eigenvalue weighted by molar-refractivity contribution is 7.20. The number of hydrogen-bond acceptors (Lipinski definition) is 5. The van der Waals surface area contributed by atoms with Crippen molar-refractivity contribution in [3.05, 3.63) is 35.2 Å². The third kappa shape index (κ3) is 5.58. The topological polar surface area (TPSA) is 95.7 Å². The van der Waals surface area contributed by atoms with Crippen LogP contribution in [0.25, 0.3) is 10.1 Å². The number of fused-ring (bicyclic) bond motifs is 1. The minimum atomic E-state index is -0.505. The lowest BCUT2D eigenvalue weighted by molar-refractivity contribution is -0.140. The second kappa shape index (κ2) is 10.0. The first-order valence-corrected chi connectivity index (χ1v) is 11.3. The molecule has 3 rings (SSSR count). The fourth-order valence-corrected chi connectivity index (χ4v) is 4.59. The van der Waals surface area contributed by atoms with Crippen molar-refractivity contribution in [2.24, 2.45) is 11.7 Å². The number of thiophene rings is 1. The van der Waals surface area contributed by atoms with Gasteiger partial charge in [-0.3, -0.25) is 14.4 Å². The van der Waals surface area contributed by atoms with Crippen molar-refractivity contribution < 1.29 is 14.4 Å². The third-order valence-corrected chi connectivity index (χ3v) is 6.54. The highest BCUT2D eigenvalue weighted by Crippen LogP contribution is 2.25. The maximum Gasteiger partial charge on any atom is 0.261 e. The van der Waals surface area contributed by atoms with Crippen molar-refractivity contribution in [2.75, 3.05) is 32.7 Å². The first kappa shape index (κ1) is 22.2. The number of hydrogen-bond donors (Lipinski definition) is 2. The van der Waals surface area contributed by atoms with E-state index in [1.165, 1.54) is 11.3 Å². The molecular weight excluding hydrogens is 400 g/mol. The number of amides is 3. The van der Waals surface area contributed by atoms with Crippen LogP contribution in [-0.4, -0.2) is 66.3 Å². The zero-order valence-electron chi connectivity index (χ0n) is 17.6. The van der Waals surface area contributed by atoms with Gasteiger partial charge in [0.1, 0.15) is 0 Å². The molecule has 1 aliphatic rings. The average molecular weight is 431 g/mol. The summed E-state index contributed by atoms with van der Waals surface area (Å²) in [6.45, 7) is 6.41. The Morgan fingerprint density at radius 1 is 1.10 bits per heavy atom. The van der Waals surface area contributed by atoms with Gasteiger partial charge in [-0.25, -0.2) is 0 Å². The van der Waals surface area contributed by atoms with Crippen molar-refractivity contribution in [1.29, 1.82) is 0 Å². The van der Waals surface area contributed by atoms with E-state index in [-0.39, 0.29) is 23.6 Å². The molecule has 1 aromatic heterocycles. The van der Waals surface area contributed by atoms with Gasteiger partial charge in [-0.2, -0.15) is 0 Å². The molecule has 3 N–H and O–H groups in total. The molecule has 0 aliphatic carbocycles. The Morgan fingerprint density at radius 3 is 2.43 bits per heavy atom. The molecule has 0 bridgehead atoms. The van der Waals surface area contributed by atoms with Gasteiger partial charge in [-0.15, -0.1) is 11.3 Å². The maximum absolute atomic E-state index is 12.5. The summed E-state index contributed by atoms with van der Waals surface area (Å²) in [6, 6.07) is 9.36. The van der Waals surface area contributed by atoms with E-state index in [0.717, 1.165) is 16.5 Å². The quantitative estimate of drug-likeness (QED) is 0.703. The normalized spacial score (nSPS) is 16.4. The highest BCUT2D eigenvalue weighted by atomic mass is 32.1. The summed E-state index contributed by atoms with van der Waals surface area (Å²) in [5, 5.41) is 4.04. The SMILES string of the molecule is CC(CCNC(=O)c1cc2ccccc2s1)CC(=O)N1CCN(C(=O)[C@H](C)N)CC1. The predicted molar refractivity (Wildman–Crippen MR) is 119 cm³/mol. The lowest BCUT2D eigenvalue weighted by atomic mass is 10.0. The summed E-state index contributed by atoms with van der Waals surface area (Å²) in [5.41, 5.74) is 5.65. The smallest absolute Gasteiger partial charge is 0.261 e. The van der Waals surface area contributed by atoms with Crippen molar-refractivity contribution in [1.82, 2.24) is 15.1 Å². The molecular formula is C22H30N4O3S. The van der Waals surface area contributed by atoms with E-state index >= 15 is 0 Å². The lowest BCUT2D eigenvalue weighted by Crippen LogP contribution is -2.53. The summed E-state index contributed by atoms with van der Waals surface area (Å²) in [7, 11) is 0. The molecule has 3 amide bonds. The molecule has 162 valence electrons. The number of rotatable bonds is 7. The molecule has 0 radical (unpaired) electrons. The van der Waals surface area contributed by atoms with Gasteiger partial charge in [0, 0.05) is 43.8 Å². The molecule has 1 aromatic carbocycles. The van der Waals surface area contributed by atoms with E-state index in [9.17, 15) is 14.4 Å². The number of carbonyl (C=O) groups is 3. The standard InChI is InChI=1S/C22H30N4O3S/c1-15(13-20(27)25-9-11-26(12-10-25)22(29)16(2)23)7-8-24-21(28)19-14-17-5-3-4-6-18(17)30-19/h3-6,14-16H,7-13,23H2,1-2H3,(H,24,28)/t15?,16-/m0/s1. The lowest BCUT2D eigenvalue weighted by Gasteiger charge is -2.36. The van der Waals surface area contributed by atoms with Crippen LogP contribution in [0.3, 0.4) is 0 Å². The fraction of sp³-hybridized carbons (Fsp3) is 0.500. The van der Waals surface area contributed by atoms with Gasteiger partial charge in [-0.1, -0.05) is 25.1 Å². The van der Waals surface area contributed by atoms with Crippen LogP contribution in [0.15, 0.2) is 30.3 Å². The van der Waals surface area contributed by atoms with Gasteiger partial charge < -0.3 is 20.9 Å². The molecule has 1 fully saturated rings. The molecule has 0 saturated carbocycles. The Hall–Kier alpha value is -2.45. The number of carbonyl (C=O) groups excluding carboxylic acids is 3. The maximum atomic E-state index is 12.5. The van der Waals surface area contributed by atoms with Crippen LogP contribution in [-0.2, 0) is 9.59 Å². The number of benzene rings is 1. The van der Waals surface area contributed by atoms with Gasteiger partial charge in [0.15, 0.2) is 0 Å². The van der Waals surface area contributed by atoms with Crippen LogP contribution in [0.1, 0.15) is 36.4 Å². The van der Waals surface area contributed by atoms with Crippen molar-refractivity contribution in [3.8, 4) is 0 Å². The summed E-state index contributed by atoms with van der Waals surface area (Å²) < 4.78 is 1.10. The van der Waals surface area contributed by atoms with Crippen LogP contribution < -0.4 is 11.1 Å². The van der Waals surface area contributed by atoms with Crippen LogP contribution in [0.4, 0.5) is 0 Å². The second-order valence-corrected chi connectivity index (χ2v) is 9.08. The predicted octanol–water partition coefficient (Wildman–Crippen LogP) is 2.07. The van der Waals surface area contributed by atoms with E-state index in [0.29, 0.717) is 44.0 Å². The first-order chi connectivity index (χ1) is 14.3. The second-order valence-electron chi connectivity index (χ2n) is 8.00. The van der Waals surface area contributed by atoms with Gasteiger partial charge >= 0.3 is 0 Å². The van der Waals surface area contributed by atoms with Crippen molar-refractivity contribution in [3.63, 3.8) is 0 Å². The zero-order valence-corrected chi connectivity index (χ0v) is 18.4. The van der Waals surface area contributed by atoms with Crippen LogP contribution in [0.2, 0.25) is 0 Å². The van der Waals surface area contributed by atoms with E-state index in [1.54, 1.807) is 11.8 Å². The molecule has 1 aliphatic heterocycles. The van der Waals surface area contributed by atoms with E-state index < -0.39 is 6.04 Å². The summed E-state index contributed by atoms with van der Waals surface area (Å²) >= 11 is 1.49. The van der Waals surface area contributed by atoms with Crippen molar-refractivity contribution in [2.45, 2.75) is 32.7 Å². The van der Waals surface area contributed by atoms with Crippen LogP contribution in [0, 0.1) is 5.92 Å². The average Bonchev–Trinajstić information content (AvgIpc) is 3.17. The number of piperazine rings is 1. The Bertz CT molecular complexity index is 870. The molecule has 7 nitrogen and oxygen atoms in total. The van der Waals surface area contributed by atoms with E-state index in [4.69, 9.17) is 5.73 Å². The third-order valence-electron chi connectivity index (χ3n) is 5.43. The monoisotopic (exact) mass is 430 g/mol.